The molecule has 0 spiro atoms. The topological polar surface area (TPSA) is 32.3 Å². The van der Waals surface area contributed by atoms with Crippen LogP contribution in [-0.4, -0.2) is 46.6 Å². The zero-order valence-corrected chi connectivity index (χ0v) is 13.6. The lowest BCUT2D eigenvalue weighted by molar-refractivity contribution is 0.133. The van der Waals surface area contributed by atoms with Crippen LogP contribution in [0.3, 0.4) is 0 Å². The average molecular weight is 276 g/mol. The molecule has 0 saturated carbocycles. The van der Waals surface area contributed by atoms with Crippen molar-refractivity contribution in [2.24, 2.45) is 0 Å². The van der Waals surface area contributed by atoms with Gasteiger partial charge in [0.1, 0.15) is 11.6 Å². The van der Waals surface area contributed by atoms with Gasteiger partial charge in [0, 0.05) is 43.5 Å². The Hall–Kier alpha value is -1.16. The third kappa shape index (κ3) is 3.11. The van der Waals surface area contributed by atoms with Gasteiger partial charge in [-0.3, -0.25) is 4.90 Å². The van der Waals surface area contributed by atoms with Crippen LogP contribution >= 0.6 is 0 Å². The molecule has 1 atom stereocenters. The molecule has 0 aromatic carbocycles. The number of hydrogen-bond acceptors (Lipinski definition) is 4. The third-order valence-corrected chi connectivity index (χ3v) is 4.31. The van der Waals surface area contributed by atoms with Gasteiger partial charge in [-0.1, -0.05) is 13.8 Å². The Morgan fingerprint density at radius 3 is 2.65 bits per heavy atom. The van der Waals surface area contributed by atoms with Crippen LogP contribution in [0.5, 0.6) is 0 Å². The molecule has 1 fully saturated rings. The van der Waals surface area contributed by atoms with E-state index in [-0.39, 0.29) is 0 Å². The molecule has 1 aliphatic rings. The summed E-state index contributed by atoms with van der Waals surface area (Å²) in [5, 5.41) is 0. The first-order valence-corrected chi connectivity index (χ1v) is 7.90. The van der Waals surface area contributed by atoms with Gasteiger partial charge in [-0.15, -0.1) is 0 Å². The van der Waals surface area contributed by atoms with Crippen molar-refractivity contribution in [1.82, 2.24) is 14.9 Å². The highest BCUT2D eigenvalue weighted by molar-refractivity contribution is 5.47. The number of rotatable bonds is 4. The second kappa shape index (κ2) is 6.53. The monoisotopic (exact) mass is 276 g/mol. The molecular weight excluding hydrogens is 248 g/mol. The van der Waals surface area contributed by atoms with Crippen molar-refractivity contribution >= 4 is 5.82 Å². The Morgan fingerprint density at radius 2 is 2.05 bits per heavy atom. The second-order valence-electron chi connectivity index (χ2n) is 5.96. The Bertz CT molecular complexity index is 444. The van der Waals surface area contributed by atoms with Gasteiger partial charge in [0.05, 0.1) is 0 Å². The van der Waals surface area contributed by atoms with Gasteiger partial charge in [0.15, 0.2) is 0 Å². The molecular formula is C16H28N4. The van der Waals surface area contributed by atoms with Crippen molar-refractivity contribution in [3.8, 4) is 0 Å². The van der Waals surface area contributed by atoms with E-state index in [2.05, 4.69) is 42.5 Å². The number of piperazine rings is 1. The van der Waals surface area contributed by atoms with Crippen molar-refractivity contribution in [1.29, 1.82) is 0 Å². The number of nitrogens with zero attached hydrogens (tertiary/aromatic N) is 4. The van der Waals surface area contributed by atoms with E-state index in [1.54, 1.807) is 0 Å². The van der Waals surface area contributed by atoms with E-state index < -0.39 is 0 Å². The van der Waals surface area contributed by atoms with Crippen LogP contribution in [-0.2, 0) is 6.42 Å². The van der Waals surface area contributed by atoms with Crippen molar-refractivity contribution < 1.29 is 0 Å². The fourth-order valence-electron chi connectivity index (χ4n) is 3.11. The highest BCUT2D eigenvalue weighted by Gasteiger charge is 2.28. The van der Waals surface area contributed by atoms with Crippen LogP contribution in [0.15, 0.2) is 6.20 Å². The molecule has 0 amide bonds. The standard InChI is InChI=1S/C16H28N4/c1-6-14-10-17-13(5)18-16(14)19-8-9-20(12(3)4)15(7-2)11-19/h10,12,15H,6-9,11H2,1-5H3/t15-/m1/s1. The predicted molar refractivity (Wildman–Crippen MR) is 84.3 cm³/mol. The fraction of sp³-hybridized carbons (Fsp3) is 0.750. The molecule has 20 heavy (non-hydrogen) atoms. The molecule has 1 aliphatic heterocycles. The van der Waals surface area contributed by atoms with Crippen LogP contribution in [0.1, 0.15) is 45.5 Å². The predicted octanol–water partition coefficient (Wildman–Crippen LogP) is 2.66. The van der Waals surface area contributed by atoms with Crippen LogP contribution < -0.4 is 4.90 Å². The zero-order chi connectivity index (χ0) is 14.7. The summed E-state index contributed by atoms with van der Waals surface area (Å²) in [4.78, 5) is 14.1. The van der Waals surface area contributed by atoms with E-state index in [4.69, 9.17) is 4.98 Å². The Balaban J connectivity index is 2.21. The maximum absolute atomic E-state index is 4.70. The molecule has 0 bridgehead atoms. The average Bonchev–Trinajstić information content (AvgIpc) is 2.46. The first kappa shape index (κ1) is 15.2. The SMILES string of the molecule is CCc1cnc(C)nc1N1CCN(C(C)C)[C@H](CC)C1. The summed E-state index contributed by atoms with van der Waals surface area (Å²) in [5.41, 5.74) is 1.27. The van der Waals surface area contributed by atoms with Gasteiger partial charge in [0.2, 0.25) is 0 Å². The highest BCUT2D eigenvalue weighted by Crippen LogP contribution is 2.23. The maximum Gasteiger partial charge on any atom is 0.135 e. The summed E-state index contributed by atoms with van der Waals surface area (Å²) in [6.07, 6.45) is 4.18. The van der Waals surface area contributed by atoms with Crippen molar-refractivity contribution in [2.75, 3.05) is 24.5 Å². The summed E-state index contributed by atoms with van der Waals surface area (Å²) in [6, 6.07) is 1.25. The van der Waals surface area contributed by atoms with Crippen LogP contribution in [0, 0.1) is 6.92 Å². The van der Waals surface area contributed by atoms with Crippen molar-refractivity contribution in [2.45, 2.75) is 59.5 Å². The van der Waals surface area contributed by atoms with Crippen LogP contribution in [0.25, 0.3) is 0 Å². The van der Waals surface area contributed by atoms with Gasteiger partial charge < -0.3 is 4.90 Å². The Kier molecular flexibility index (Phi) is 4.97. The second-order valence-corrected chi connectivity index (χ2v) is 5.96. The van der Waals surface area contributed by atoms with E-state index >= 15 is 0 Å². The largest absolute Gasteiger partial charge is 0.353 e. The van der Waals surface area contributed by atoms with Gasteiger partial charge >= 0.3 is 0 Å². The van der Waals surface area contributed by atoms with Crippen molar-refractivity contribution in [3.05, 3.63) is 17.6 Å². The molecule has 4 heteroatoms. The lowest BCUT2D eigenvalue weighted by Crippen LogP contribution is -2.55. The van der Waals surface area contributed by atoms with Gasteiger partial charge in [-0.2, -0.15) is 0 Å². The van der Waals surface area contributed by atoms with Crippen LogP contribution in [0.2, 0.25) is 0 Å². The van der Waals surface area contributed by atoms with E-state index in [0.717, 1.165) is 37.7 Å². The first-order chi connectivity index (χ1) is 9.56. The first-order valence-electron chi connectivity index (χ1n) is 7.90. The van der Waals surface area contributed by atoms with Gasteiger partial charge in [-0.25, -0.2) is 9.97 Å². The lowest BCUT2D eigenvalue weighted by Gasteiger charge is -2.44. The Labute approximate surface area is 123 Å². The number of aromatic nitrogens is 2. The molecule has 0 aliphatic carbocycles. The quantitative estimate of drug-likeness (QED) is 0.846. The van der Waals surface area contributed by atoms with E-state index in [1.807, 2.05) is 13.1 Å². The minimum atomic E-state index is 0.625. The lowest BCUT2D eigenvalue weighted by atomic mass is 10.1. The molecule has 0 radical (unpaired) electrons. The highest BCUT2D eigenvalue weighted by atomic mass is 15.3. The maximum atomic E-state index is 4.70. The molecule has 1 aromatic heterocycles. The van der Waals surface area contributed by atoms with E-state index in [0.29, 0.717) is 12.1 Å². The smallest absolute Gasteiger partial charge is 0.135 e. The van der Waals surface area contributed by atoms with Crippen LogP contribution in [0.4, 0.5) is 5.82 Å². The molecule has 0 unspecified atom stereocenters. The molecule has 1 saturated heterocycles. The van der Waals surface area contributed by atoms with E-state index in [1.165, 1.54) is 12.0 Å². The molecule has 112 valence electrons. The number of anilines is 1. The van der Waals surface area contributed by atoms with Crippen molar-refractivity contribution in [3.63, 3.8) is 0 Å². The minimum Gasteiger partial charge on any atom is -0.353 e. The molecule has 2 rings (SSSR count). The number of aryl methyl sites for hydroxylation is 2. The van der Waals surface area contributed by atoms with Gasteiger partial charge in [-0.05, 0) is 33.6 Å². The molecule has 4 nitrogen and oxygen atoms in total. The fourth-order valence-corrected chi connectivity index (χ4v) is 3.11. The molecule has 0 N–H and O–H groups in total. The summed E-state index contributed by atoms with van der Waals surface area (Å²) in [5.74, 6) is 2.03. The summed E-state index contributed by atoms with van der Waals surface area (Å²) >= 11 is 0. The van der Waals surface area contributed by atoms with E-state index in [9.17, 15) is 0 Å². The Morgan fingerprint density at radius 1 is 1.30 bits per heavy atom. The number of hydrogen-bond donors (Lipinski definition) is 0. The third-order valence-electron chi connectivity index (χ3n) is 4.31. The summed E-state index contributed by atoms with van der Waals surface area (Å²) in [6.45, 7) is 14.3. The van der Waals surface area contributed by atoms with Gasteiger partial charge in [0.25, 0.3) is 0 Å². The summed E-state index contributed by atoms with van der Waals surface area (Å²) in [7, 11) is 0. The normalized spacial score (nSPS) is 20.7. The summed E-state index contributed by atoms with van der Waals surface area (Å²) < 4.78 is 0. The molecule has 2 heterocycles. The minimum absolute atomic E-state index is 0.625. The zero-order valence-electron chi connectivity index (χ0n) is 13.6. The molecule has 1 aromatic rings.